The maximum Gasteiger partial charge on any atom is 0.321 e. The molecule has 19 heavy (non-hydrogen) atoms. The van der Waals surface area contributed by atoms with Gasteiger partial charge >= 0.3 is 5.82 Å². The molecule has 0 radical (unpaired) electrons. The van der Waals surface area contributed by atoms with Crippen molar-refractivity contribution in [3.8, 4) is 0 Å². The average Bonchev–Trinajstić information content (AvgIpc) is 2.77. The molecule has 0 bridgehead atoms. The molecule has 0 spiro atoms. The summed E-state index contributed by atoms with van der Waals surface area (Å²) < 4.78 is 0. The number of hydrogen-bond acceptors (Lipinski definition) is 4. The molecule has 1 amide bonds. The van der Waals surface area contributed by atoms with E-state index in [0.717, 1.165) is 6.42 Å². The first-order valence-electron chi connectivity index (χ1n) is 6.07. The number of aromatic amines is 1. The number of nitrogens with zero attached hydrogens (tertiary/aromatic N) is 2. The molecule has 7 heteroatoms. The molecule has 1 heterocycles. The number of rotatable bonds is 6. The van der Waals surface area contributed by atoms with Crippen LogP contribution in [0.3, 0.4) is 0 Å². The molecule has 0 aliphatic rings. The quantitative estimate of drug-likeness (QED) is 0.469. The van der Waals surface area contributed by atoms with Crippen LogP contribution in [0.25, 0.3) is 0 Å². The third-order valence-corrected chi connectivity index (χ3v) is 2.49. The number of carbonyl (C=O) groups is 1. The summed E-state index contributed by atoms with van der Waals surface area (Å²) in [5.41, 5.74) is 3.53. The number of carbonyl (C=O) groups excluding carboxylic acids is 1. The maximum absolute atomic E-state index is 10.9. The van der Waals surface area contributed by atoms with Crippen molar-refractivity contribution in [3.05, 3.63) is 27.9 Å². The highest BCUT2D eigenvalue weighted by Crippen LogP contribution is 2.14. The summed E-state index contributed by atoms with van der Waals surface area (Å²) >= 11 is 0. The van der Waals surface area contributed by atoms with Gasteiger partial charge in [-0.2, -0.15) is 5.10 Å². The normalized spacial score (nSPS) is 11.7. The smallest absolute Gasteiger partial charge is 0.321 e. The van der Waals surface area contributed by atoms with E-state index in [0.29, 0.717) is 23.7 Å². The Labute approximate surface area is 111 Å². The lowest BCUT2D eigenvalue weighted by Crippen LogP contribution is -2.17. The molecule has 0 aliphatic heterocycles. The molecule has 0 aromatic carbocycles. The van der Waals surface area contributed by atoms with Crippen molar-refractivity contribution < 1.29 is 9.72 Å². The molecular weight excluding hydrogens is 248 g/mol. The van der Waals surface area contributed by atoms with Crippen molar-refractivity contribution in [2.45, 2.75) is 33.6 Å². The highest BCUT2D eigenvalue weighted by atomic mass is 16.6. The third-order valence-electron chi connectivity index (χ3n) is 2.49. The van der Waals surface area contributed by atoms with Crippen LogP contribution in [0.5, 0.6) is 0 Å². The van der Waals surface area contributed by atoms with Crippen LogP contribution in [0.1, 0.15) is 39.3 Å². The van der Waals surface area contributed by atoms with Crippen LogP contribution in [-0.2, 0) is 4.79 Å². The van der Waals surface area contributed by atoms with Crippen LogP contribution in [-0.4, -0.2) is 21.5 Å². The molecule has 7 nitrogen and oxygen atoms in total. The fourth-order valence-electron chi connectivity index (χ4n) is 1.48. The monoisotopic (exact) mass is 266 g/mol. The molecule has 0 unspecified atom stereocenters. The van der Waals surface area contributed by atoms with E-state index in [-0.39, 0.29) is 11.7 Å². The summed E-state index contributed by atoms with van der Waals surface area (Å²) in [6, 6.07) is 2.98. The van der Waals surface area contributed by atoms with Crippen molar-refractivity contribution in [1.29, 1.82) is 0 Å². The largest absolute Gasteiger partial charge is 0.358 e. The third kappa shape index (κ3) is 4.90. The molecule has 0 aliphatic carbocycles. The predicted molar refractivity (Wildman–Crippen MR) is 71.9 cm³/mol. The second-order valence-electron chi connectivity index (χ2n) is 4.67. The average molecular weight is 266 g/mol. The lowest BCUT2D eigenvalue weighted by Gasteiger charge is -2.05. The number of hydrazone groups is 1. The van der Waals surface area contributed by atoms with Crippen molar-refractivity contribution >= 4 is 17.4 Å². The SMILES string of the molecule is CC(=O)N/N=C(/CCC(C)C)c1ccc([N+](=O)[O-])[nH]1. The lowest BCUT2D eigenvalue weighted by atomic mass is 10.0. The number of hydrogen-bond donors (Lipinski definition) is 2. The maximum atomic E-state index is 10.9. The summed E-state index contributed by atoms with van der Waals surface area (Å²) in [5.74, 6) is 0.116. The van der Waals surface area contributed by atoms with Gasteiger partial charge < -0.3 is 10.1 Å². The Morgan fingerprint density at radius 3 is 2.68 bits per heavy atom. The zero-order valence-corrected chi connectivity index (χ0v) is 11.3. The van der Waals surface area contributed by atoms with Crippen LogP contribution in [0.15, 0.2) is 17.2 Å². The zero-order valence-electron chi connectivity index (χ0n) is 11.3. The van der Waals surface area contributed by atoms with Gasteiger partial charge in [-0.1, -0.05) is 13.8 Å². The van der Waals surface area contributed by atoms with Crippen LogP contribution in [0.2, 0.25) is 0 Å². The lowest BCUT2D eigenvalue weighted by molar-refractivity contribution is -0.389. The molecule has 0 saturated carbocycles. The Bertz CT molecular complexity index is 491. The predicted octanol–water partition coefficient (Wildman–Crippen LogP) is 2.20. The van der Waals surface area contributed by atoms with Gasteiger partial charge in [-0.15, -0.1) is 0 Å². The molecule has 0 atom stereocenters. The van der Waals surface area contributed by atoms with Crippen molar-refractivity contribution in [3.63, 3.8) is 0 Å². The van der Waals surface area contributed by atoms with E-state index in [1.807, 2.05) is 0 Å². The molecule has 2 N–H and O–H groups in total. The van der Waals surface area contributed by atoms with Gasteiger partial charge in [0.25, 0.3) is 0 Å². The first kappa shape index (κ1) is 14.9. The van der Waals surface area contributed by atoms with E-state index >= 15 is 0 Å². The van der Waals surface area contributed by atoms with Crippen molar-refractivity contribution in [2.75, 3.05) is 0 Å². The first-order valence-corrected chi connectivity index (χ1v) is 6.07. The Kier molecular flexibility index (Phi) is 5.23. The van der Waals surface area contributed by atoms with Gasteiger partial charge in [-0.25, -0.2) is 10.4 Å². The van der Waals surface area contributed by atoms with Crippen LogP contribution < -0.4 is 5.43 Å². The van der Waals surface area contributed by atoms with Gasteiger partial charge in [0.05, 0.1) is 0 Å². The molecule has 104 valence electrons. The Morgan fingerprint density at radius 1 is 1.53 bits per heavy atom. The zero-order chi connectivity index (χ0) is 14.4. The number of amides is 1. The molecule has 0 saturated heterocycles. The fourth-order valence-corrected chi connectivity index (χ4v) is 1.48. The second kappa shape index (κ2) is 6.67. The van der Waals surface area contributed by atoms with E-state index in [2.05, 4.69) is 29.4 Å². The molecule has 0 fully saturated rings. The van der Waals surface area contributed by atoms with Crippen molar-refractivity contribution in [1.82, 2.24) is 10.4 Å². The Morgan fingerprint density at radius 2 is 2.21 bits per heavy atom. The summed E-state index contributed by atoms with van der Waals surface area (Å²) in [7, 11) is 0. The van der Waals surface area contributed by atoms with Crippen LogP contribution >= 0.6 is 0 Å². The second-order valence-corrected chi connectivity index (χ2v) is 4.67. The number of aromatic nitrogens is 1. The van der Waals surface area contributed by atoms with Crippen molar-refractivity contribution in [2.24, 2.45) is 11.0 Å². The molecule has 1 aromatic rings. The summed E-state index contributed by atoms with van der Waals surface area (Å²) in [6.45, 7) is 5.51. The highest BCUT2D eigenvalue weighted by molar-refractivity contribution is 5.99. The summed E-state index contributed by atoms with van der Waals surface area (Å²) in [5, 5.41) is 14.6. The Balaban J connectivity index is 2.90. The van der Waals surface area contributed by atoms with E-state index in [9.17, 15) is 14.9 Å². The van der Waals surface area contributed by atoms with Gasteiger partial charge in [0.1, 0.15) is 11.4 Å². The number of nitrogens with one attached hydrogen (secondary N) is 2. The summed E-state index contributed by atoms with van der Waals surface area (Å²) in [4.78, 5) is 23.7. The standard InChI is InChI=1S/C12H18N4O3/c1-8(2)4-5-11(15-14-9(3)17)10-6-7-12(13-10)16(18)19/h6-8,13H,4-5H2,1-3H3,(H,14,17)/b15-11-. The van der Waals surface area contributed by atoms with Gasteiger partial charge in [0, 0.05) is 13.0 Å². The van der Waals surface area contributed by atoms with Crippen LogP contribution in [0, 0.1) is 16.0 Å². The number of nitro groups is 1. The Hall–Kier alpha value is -2.18. The number of H-pyrrole nitrogens is 1. The van der Waals surface area contributed by atoms with Crippen LogP contribution in [0.4, 0.5) is 5.82 Å². The van der Waals surface area contributed by atoms with E-state index in [1.165, 1.54) is 13.0 Å². The van der Waals surface area contributed by atoms with E-state index in [4.69, 9.17) is 0 Å². The fraction of sp³-hybridized carbons (Fsp3) is 0.500. The van der Waals surface area contributed by atoms with Gasteiger partial charge in [-0.05, 0) is 29.7 Å². The molecule has 1 aromatic heterocycles. The minimum atomic E-state index is -0.498. The molecular formula is C12H18N4O3. The minimum absolute atomic E-state index is 0.0879. The summed E-state index contributed by atoms with van der Waals surface area (Å²) in [6.07, 6.45) is 1.51. The highest BCUT2D eigenvalue weighted by Gasteiger charge is 2.14. The van der Waals surface area contributed by atoms with E-state index in [1.54, 1.807) is 6.07 Å². The molecule has 1 rings (SSSR count). The first-order chi connectivity index (χ1) is 8.90. The topological polar surface area (TPSA) is 100 Å². The minimum Gasteiger partial charge on any atom is -0.358 e. The van der Waals surface area contributed by atoms with Gasteiger partial charge in [0.15, 0.2) is 0 Å². The van der Waals surface area contributed by atoms with Gasteiger partial charge in [0.2, 0.25) is 5.91 Å². The van der Waals surface area contributed by atoms with Gasteiger partial charge in [-0.3, -0.25) is 4.79 Å². The van der Waals surface area contributed by atoms with E-state index < -0.39 is 4.92 Å².